The van der Waals surface area contributed by atoms with Gasteiger partial charge in [-0.25, -0.2) is 0 Å². The van der Waals surface area contributed by atoms with Gasteiger partial charge in [-0.15, -0.1) is 5.10 Å². The molecule has 1 aromatic heterocycles. The molecule has 0 aliphatic heterocycles. The highest BCUT2D eigenvalue weighted by molar-refractivity contribution is 5.91. The monoisotopic (exact) mass is 235 g/mol. The van der Waals surface area contributed by atoms with Crippen molar-refractivity contribution in [2.75, 3.05) is 20.3 Å². The van der Waals surface area contributed by atoms with Crippen LogP contribution in [0.15, 0.2) is 12.1 Å². The second kappa shape index (κ2) is 5.72. The molecule has 1 saturated carbocycles. The molecule has 92 valence electrons. The number of nitrogens with zero attached hydrogens (tertiary/aromatic N) is 2. The molecule has 5 heteroatoms. The van der Waals surface area contributed by atoms with E-state index in [9.17, 15) is 4.79 Å². The first-order chi connectivity index (χ1) is 8.31. The molecule has 0 bridgehead atoms. The number of carbonyl (C=O) groups excluding carboxylic acids is 1. The van der Waals surface area contributed by atoms with Gasteiger partial charge in [-0.1, -0.05) is 0 Å². The number of hydrogen-bond donors (Lipinski definition) is 1. The zero-order valence-electron chi connectivity index (χ0n) is 9.98. The maximum atomic E-state index is 11.7. The Morgan fingerprint density at radius 3 is 2.88 bits per heavy atom. The molecule has 1 aromatic rings. The summed E-state index contributed by atoms with van der Waals surface area (Å²) in [5, 5.41) is 10.8. The minimum atomic E-state index is -0.170. The Hall–Kier alpha value is -1.49. The van der Waals surface area contributed by atoms with Crippen molar-refractivity contribution in [3.8, 4) is 0 Å². The highest BCUT2D eigenvalue weighted by Crippen LogP contribution is 2.38. The molecule has 2 rings (SSSR count). The van der Waals surface area contributed by atoms with Crippen molar-refractivity contribution >= 4 is 5.91 Å². The first-order valence-corrected chi connectivity index (χ1v) is 5.92. The van der Waals surface area contributed by atoms with Crippen molar-refractivity contribution in [3.63, 3.8) is 0 Å². The lowest BCUT2D eigenvalue weighted by Crippen LogP contribution is -2.26. The van der Waals surface area contributed by atoms with Crippen molar-refractivity contribution in [1.29, 1.82) is 0 Å². The van der Waals surface area contributed by atoms with Crippen LogP contribution >= 0.6 is 0 Å². The quantitative estimate of drug-likeness (QED) is 0.750. The highest BCUT2D eigenvalue weighted by atomic mass is 16.5. The van der Waals surface area contributed by atoms with Gasteiger partial charge in [-0.2, -0.15) is 5.10 Å². The van der Waals surface area contributed by atoms with Gasteiger partial charge in [0.25, 0.3) is 5.91 Å². The van der Waals surface area contributed by atoms with Crippen molar-refractivity contribution in [2.45, 2.75) is 25.2 Å². The Labute approximate surface area is 101 Å². The lowest BCUT2D eigenvalue weighted by molar-refractivity contribution is 0.0942. The Morgan fingerprint density at radius 1 is 1.47 bits per heavy atom. The highest BCUT2D eigenvalue weighted by Gasteiger charge is 2.25. The van der Waals surface area contributed by atoms with Crippen molar-refractivity contribution in [3.05, 3.63) is 23.5 Å². The van der Waals surface area contributed by atoms with Gasteiger partial charge in [-0.05, 0) is 31.4 Å². The maximum absolute atomic E-state index is 11.7. The van der Waals surface area contributed by atoms with Crippen molar-refractivity contribution in [2.24, 2.45) is 0 Å². The van der Waals surface area contributed by atoms with Crippen LogP contribution in [0.4, 0.5) is 0 Å². The summed E-state index contributed by atoms with van der Waals surface area (Å²) in [5.74, 6) is 0.400. The smallest absolute Gasteiger partial charge is 0.271 e. The molecule has 1 aliphatic rings. The van der Waals surface area contributed by atoms with Crippen molar-refractivity contribution in [1.82, 2.24) is 15.5 Å². The molecule has 0 aromatic carbocycles. The second-order valence-electron chi connectivity index (χ2n) is 4.22. The predicted octanol–water partition coefficient (Wildman–Crippen LogP) is 1.12. The second-order valence-corrected chi connectivity index (χ2v) is 4.22. The van der Waals surface area contributed by atoms with Gasteiger partial charge in [0, 0.05) is 26.2 Å². The van der Waals surface area contributed by atoms with Crippen LogP contribution in [0, 0.1) is 0 Å². The minimum absolute atomic E-state index is 0.170. The van der Waals surface area contributed by atoms with E-state index in [0.717, 1.165) is 12.1 Å². The first-order valence-electron chi connectivity index (χ1n) is 5.92. The van der Waals surface area contributed by atoms with Gasteiger partial charge in [0.1, 0.15) is 0 Å². The molecule has 0 unspecified atom stereocenters. The number of amides is 1. The van der Waals surface area contributed by atoms with Crippen molar-refractivity contribution < 1.29 is 9.53 Å². The molecule has 1 N–H and O–H groups in total. The van der Waals surface area contributed by atoms with Gasteiger partial charge < -0.3 is 10.1 Å². The third-order valence-corrected chi connectivity index (χ3v) is 2.72. The van der Waals surface area contributed by atoms with E-state index in [2.05, 4.69) is 15.5 Å². The Morgan fingerprint density at radius 2 is 2.29 bits per heavy atom. The summed E-state index contributed by atoms with van der Waals surface area (Å²) < 4.78 is 4.90. The van der Waals surface area contributed by atoms with Crippen LogP contribution in [0.2, 0.25) is 0 Å². The molecule has 1 heterocycles. The van der Waals surface area contributed by atoms with Gasteiger partial charge in [0.2, 0.25) is 0 Å². The van der Waals surface area contributed by atoms with Gasteiger partial charge in [0.15, 0.2) is 5.69 Å². The molecule has 1 aliphatic carbocycles. The number of nitrogens with one attached hydrogen (secondary N) is 1. The van der Waals surface area contributed by atoms with Gasteiger partial charge in [0.05, 0.1) is 5.69 Å². The van der Waals surface area contributed by atoms with Crippen LogP contribution in [0.3, 0.4) is 0 Å². The third kappa shape index (κ3) is 3.49. The van der Waals surface area contributed by atoms with E-state index in [1.54, 1.807) is 13.2 Å². The number of hydrogen-bond acceptors (Lipinski definition) is 4. The first kappa shape index (κ1) is 12.0. The summed E-state index contributed by atoms with van der Waals surface area (Å²) in [4.78, 5) is 11.7. The lowest BCUT2D eigenvalue weighted by Gasteiger charge is -2.04. The van der Waals surface area contributed by atoms with E-state index in [1.807, 2.05) is 6.07 Å². The van der Waals surface area contributed by atoms with Crippen LogP contribution in [0.1, 0.15) is 41.4 Å². The fraction of sp³-hybridized carbons (Fsp3) is 0.583. The van der Waals surface area contributed by atoms with E-state index < -0.39 is 0 Å². The molecule has 0 saturated heterocycles. The SMILES string of the molecule is COCCCNC(=O)c1ccc(C2CC2)nn1. The maximum Gasteiger partial charge on any atom is 0.271 e. The fourth-order valence-electron chi connectivity index (χ4n) is 1.57. The molecule has 1 fully saturated rings. The number of rotatable bonds is 6. The fourth-order valence-corrected chi connectivity index (χ4v) is 1.57. The summed E-state index contributed by atoms with van der Waals surface area (Å²) >= 11 is 0. The standard InChI is InChI=1S/C12H17N3O2/c1-17-8-2-7-13-12(16)11-6-5-10(14-15-11)9-3-4-9/h5-6,9H,2-4,7-8H2,1H3,(H,13,16). The van der Waals surface area contributed by atoms with Crippen LogP contribution in [0.25, 0.3) is 0 Å². The summed E-state index contributed by atoms with van der Waals surface area (Å²) in [7, 11) is 1.64. The van der Waals surface area contributed by atoms with Crippen LogP contribution in [-0.2, 0) is 4.74 Å². The average molecular weight is 235 g/mol. The lowest BCUT2D eigenvalue weighted by atomic mass is 10.2. The van der Waals surface area contributed by atoms with Crippen LogP contribution in [-0.4, -0.2) is 36.4 Å². The third-order valence-electron chi connectivity index (χ3n) is 2.72. The topological polar surface area (TPSA) is 64.1 Å². The number of ether oxygens (including phenoxy) is 1. The summed E-state index contributed by atoms with van der Waals surface area (Å²) in [5.41, 5.74) is 1.38. The number of aromatic nitrogens is 2. The van der Waals surface area contributed by atoms with Gasteiger partial charge >= 0.3 is 0 Å². The van der Waals surface area contributed by atoms with Gasteiger partial charge in [-0.3, -0.25) is 4.79 Å². The number of carbonyl (C=O) groups is 1. The van der Waals surface area contributed by atoms with Crippen LogP contribution < -0.4 is 5.32 Å². The Kier molecular flexibility index (Phi) is 4.03. The van der Waals surface area contributed by atoms with E-state index in [0.29, 0.717) is 24.8 Å². The molecule has 0 radical (unpaired) electrons. The largest absolute Gasteiger partial charge is 0.385 e. The average Bonchev–Trinajstić information content (AvgIpc) is 3.19. The van der Waals surface area contributed by atoms with E-state index in [-0.39, 0.29) is 5.91 Å². The molecule has 1 amide bonds. The Balaban J connectivity index is 1.81. The summed E-state index contributed by atoms with van der Waals surface area (Å²) in [6, 6.07) is 3.64. The summed E-state index contributed by atoms with van der Waals surface area (Å²) in [6.07, 6.45) is 3.18. The normalized spacial score (nSPS) is 14.6. The molecular formula is C12H17N3O2. The van der Waals surface area contributed by atoms with Crippen LogP contribution in [0.5, 0.6) is 0 Å². The predicted molar refractivity (Wildman–Crippen MR) is 62.8 cm³/mol. The molecule has 0 spiro atoms. The molecule has 5 nitrogen and oxygen atoms in total. The van der Waals surface area contributed by atoms with E-state index >= 15 is 0 Å². The van der Waals surface area contributed by atoms with E-state index in [4.69, 9.17) is 4.74 Å². The number of methoxy groups -OCH3 is 1. The zero-order chi connectivity index (χ0) is 12.1. The zero-order valence-corrected chi connectivity index (χ0v) is 9.98. The van der Waals surface area contributed by atoms with E-state index in [1.165, 1.54) is 12.8 Å². The minimum Gasteiger partial charge on any atom is -0.385 e. The summed E-state index contributed by atoms with van der Waals surface area (Å²) in [6.45, 7) is 1.24. The molecule has 17 heavy (non-hydrogen) atoms. The molecule has 0 atom stereocenters. The molecular weight excluding hydrogens is 218 g/mol. The Bertz CT molecular complexity index is 374.